The molecular formula is C22H24N2O6S2. The summed E-state index contributed by atoms with van der Waals surface area (Å²) in [5.41, 5.74) is 1.20. The molecule has 0 bridgehead atoms. The van der Waals surface area contributed by atoms with E-state index < -0.39 is 22.4 Å². The van der Waals surface area contributed by atoms with E-state index in [1.165, 1.54) is 14.2 Å². The molecule has 2 N–H and O–H groups in total. The van der Waals surface area contributed by atoms with Crippen molar-refractivity contribution in [3.8, 4) is 0 Å². The van der Waals surface area contributed by atoms with E-state index in [1.54, 1.807) is 48.5 Å². The summed E-state index contributed by atoms with van der Waals surface area (Å²) in [6.45, 7) is 0. The van der Waals surface area contributed by atoms with E-state index in [2.05, 4.69) is 10.6 Å². The zero-order chi connectivity index (χ0) is 23.3. The maximum Gasteiger partial charge on any atom is 0.320 e. The minimum Gasteiger partial charge on any atom is -0.468 e. The standard InChI is InChI=1S/C22H24N2O6S2/c1-29-21(27)17(13-19(25)23-15-9-5-3-6-10-15)31-32-18(22(28)30-2)14-20(26)24-16-11-7-4-8-12-16/h3-12,17-18H,13-14H2,1-2H3,(H,23,25)(H,24,26). The number of para-hydroxylation sites is 2. The number of methoxy groups -OCH3 is 2. The summed E-state index contributed by atoms with van der Waals surface area (Å²) in [6.07, 6.45) is -0.327. The van der Waals surface area contributed by atoms with Gasteiger partial charge in [-0.25, -0.2) is 0 Å². The van der Waals surface area contributed by atoms with Crippen LogP contribution in [-0.2, 0) is 28.7 Å². The Balaban J connectivity index is 1.97. The normalized spacial score (nSPS) is 12.2. The second kappa shape index (κ2) is 13.4. The van der Waals surface area contributed by atoms with Gasteiger partial charge < -0.3 is 20.1 Å². The first-order valence-electron chi connectivity index (χ1n) is 9.60. The van der Waals surface area contributed by atoms with Gasteiger partial charge in [-0.2, -0.15) is 0 Å². The van der Waals surface area contributed by atoms with Crippen molar-refractivity contribution in [3.63, 3.8) is 0 Å². The fraction of sp³-hybridized carbons (Fsp3) is 0.273. The van der Waals surface area contributed by atoms with Crippen LogP contribution in [0.4, 0.5) is 11.4 Å². The molecule has 170 valence electrons. The van der Waals surface area contributed by atoms with Gasteiger partial charge >= 0.3 is 11.9 Å². The van der Waals surface area contributed by atoms with Crippen LogP contribution in [0.1, 0.15) is 12.8 Å². The highest BCUT2D eigenvalue weighted by Crippen LogP contribution is 2.35. The van der Waals surface area contributed by atoms with Crippen LogP contribution in [-0.4, -0.2) is 48.5 Å². The quantitative estimate of drug-likeness (QED) is 0.374. The molecule has 0 aliphatic heterocycles. The molecule has 32 heavy (non-hydrogen) atoms. The molecule has 0 aliphatic rings. The average Bonchev–Trinajstić information content (AvgIpc) is 2.81. The molecule has 2 atom stereocenters. The third-order valence-corrected chi connectivity index (χ3v) is 7.09. The van der Waals surface area contributed by atoms with Gasteiger partial charge in [-0.1, -0.05) is 58.0 Å². The van der Waals surface area contributed by atoms with Crippen LogP contribution in [0, 0.1) is 0 Å². The molecule has 2 amide bonds. The summed E-state index contributed by atoms with van der Waals surface area (Å²) < 4.78 is 9.59. The van der Waals surface area contributed by atoms with Crippen LogP contribution in [0.2, 0.25) is 0 Å². The second-order valence-electron chi connectivity index (χ2n) is 6.45. The molecular weight excluding hydrogens is 452 g/mol. The minimum absolute atomic E-state index is 0.163. The number of carbonyl (C=O) groups is 4. The van der Waals surface area contributed by atoms with Crippen molar-refractivity contribution >= 4 is 56.7 Å². The summed E-state index contributed by atoms with van der Waals surface area (Å²) in [7, 11) is 4.43. The number of carbonyl (C=O) groups excluding carboxylic acids is 4. The van der Waals surface area contributed by atoms with E-state index in [-0.39, 0.29) is 24.7 Å². The molecule has 0 aliphatic carbocycles. The lowest BCUT2D eigenvalue weighted by Crippen LogP contribution is -2.28. The van der Waals surface area contributed by atoms with Gasteiger partial charge in [0.2, 0.25) is 11.8 Å². The van der Waals surface area contributed by atoms with Crippen molar-refractivity contribution in [2.45, 2.75) is 23.3 Å². The number of benzene rings is 2. The molecule has 0 heterocycles. The zero-order valence-corrected chi connectivity index (χ0v) is 19.2. The molecule has 8 nitrogen and oxygen atoms in total. The summed E-state index contributed by atoms with van der Waals surface area (Å²) in [5, 5.41) is 3.66. The van der Waals surface area contributed by atoms with Crippen LogP contribution in [0.25, 0.3) is 0 Å². The van der Waals surface area contributed by atoms with E-state index >= 15 is 0 Å². The molecule has 0 radical (unpaired) electrons. The Labute approximate surface area is 194 Å². The molecule has 0 aromatic heterocycles. The first-order chi connectivity index (χ1) is 15.4. The molecule has 2 unspecified atom stereocenters. The van der Waals surface area contributed by atoms with Gasteiger partial charge in [0.15, 0.2) is 0 Å². The van der Waals surface area contributed by atoms with E-state index in [4.69, 9.17) is 9.47 Å². The summed E-state index contributed by atoms with van der Waals surface area (Å²) in [5.74, 6) is -1.97. The van der Waals surface area contributed by atoms with Gasteiger partial charge in [-0.05, 0) is 24.3 Å². The molecule has 2 aromatic carbocycles. The zero-order valence-electron chi connectivity index (χ0n) is 17.6. The fourth-order valence-electron chi connectivity index (χ4n) is 2.51. The van der Waals surface area contributed by atoms with Crippen LogP contribution in [0.3, 0.4) is 0 Å². The fourth-order valence-corrected chi connectivity index (χ4v) is 5.26. The maximum absolute atomic E-state index is 12.4. The first-order valence-corrected chi connectivity index (χ1v) is 11.9. The highest BCUT2D eigenvalue weighted by Gasteiger charge is 2.30. The first kappa shape index (κ1) is 25.3. The van der Waals surface area contributed by atoms with E-state index in [0.29, 0.717) is 11.4 Å². The molecule has 2 rings (SSSR count). The van der Waals surface area contributed by atoms with Crippen LogP contribution in [0.5, 0.6) is 0 Å². The molecule has 0 saturated heterocycles. The number of ether oxygens (including phenoxy) is 2. The Morgan fingerprint density at radius 1 is 0.688 bits per heavy atom. The number of hydrogen-bond acceptors (Lipinski definition) is 8. The van der Waals surface area contributed by atoms with Gasteiger partial charge in [0.1, 0.15) is 10.5 Å². The van der Waals surface area contributed by atoms with Crippen LogP contribution >= 0.6 is 21.6 Å². The number of nitrogens with one attached hydrogen (secondary N) is 2. The third-order valence-electron chi connectivity index (χ3n) is 4.07. The predicted octanol–water partition coefficient (Wildman–Crippen LogP) is 3.51. The monoisotopic (exact) mass is 476 g/mol. The van der Waals surface area contributed by atoms with Gasteiger partial charge in [0, 0.05) is 11.4 Å². The minimum atomic E-state index is -0.877. The van der Waals surface area contributed by atoms with Gasteiger partial charge in [0.25, 0.3) is 0 Å². The SMILES string of the molecule is COC(=O)C(CC(=O)Nc1ccccc1)SSC(CC(=O)Nc1ccccc1)C(=O)OC. The van der Waals surface area contributed by atoms with Crippen molar-refractivity contribution in [1.82, 2.24) is 0 Å². The van der Waals surface area contributed by atoms with Crippen molar-refractivity contribution < 1.29 is 28.7 Å². The highest BCUT2D eigenvalue weighted by atomic mass is 33.1. The highest BCUT2D eigenvalue weighted by molar-refractivity contribution is 8.77. The van der Waals surface area contributed by atoms with Crippen molar-refractivity contribution in [2.24, 2.45) is 0 Å². The summed E-state index contributed by atoms with van der Waals surface area (Å²) >= 11 is 0. The predicted molar refractivity (Wildman–Crippen MR) is 126 cm³/mol. The van der Waals surface area contributed by atoms with Crippen LogP contribution in [0.15, 0.2) is 60.7 Å². The molecule has 10 heteroatoms. The number of anilines is 2. The third kappa shape index (κ3) is 8.64. The number of amides is 2. The molecule has 0 saturated carbocycles. The van der Waals surface area contributed by atoms with Crippen molar-refractivity contribution in [1.29, 1.82) is 0 Å². The van der Waals surface area contributed by atoms with Gasteiger partial charge in [0.05, 0.1) is 27.1 Å². The van der Waals surface area contributed by atoms with Gasteiger partial charge in [-0.3, -0.25) is 19.2 Å². The molecule has 2 aromatic rings. The Kier molecular flexibility index (Phi) is 10.6. The lowest BCUT2D eigenvalue weighted by atomic mass is 10.2. The topological polar surface area (TPSA) is 111 Å². The Morgan fingerprint density at radius 3 is 1.34 bits per heavy atom. The van der Waals surface area contributed by atoms with E-state index in [1.807, 2.05) is 12.1 Å². The van der Waals surface area contributed by atoms with Gasteiger partial charge in [-0.15, -0.1) is 0 Å². The smallest absolute Gasteiger partial charge is 0.320 e. The lowest BCUT2D eigenvalue weighted by Gasteiger charge is -2.17. The van der Waals surface area contributed by atoms with E-state index in [0.717, 1.165) is 21.6 Å². The summed E-state index contributed by atoms with van der Waals surface area (Å²) in [4.78, 5) is 49.1. The number of hydrogen-bond donors (Lipinski definition) is 2. The lowest BCUT2D eigenvalue weighted by molar-refractivity contribution is -0.141. The summed E-state index contributed by atoms with van der Waals surface area (Å²) in [6, 6.07) is 17.7. The largest absolute Gasteiger partial charge is 0.468 e. The van der Waals surface area contributed by atoms with Crippen molar-refractivity contribution in [3.05, 3.63) is 60.7 Å². The number of esters is 2. The Bertz CT molecular complexity index is 836. The Hall–Kier alpha value is -2.98. The number of rotatable bonds is 11. The van der Waals surface area contributed by atoms with E-state index in [9.17, 15) is 19.2 Å². The van der Waals surface area contributed by atoms with Crippen LogP contribution < -0.4 is 10.6 Å². The molecule has 0 spiro atoms. The van der Waals surface area contributed by atoms with Crippen molar-refractivity contribution in [2.75, 3.05) is 24.9 Å². The second-order valence-corrected chi connectivity index (χ2v) is 9.13. The maximum atomic E-state index is 12.4. The Morgan fingerprint density at radius 2 is 1.03 bits per heavy atom. The molecule has 0 fully saturated rings. The average molecular weight is 477 g/mol.